The van der Waals surface area contributed by atoms with Gasteiger partial charge in [0.15, 0.2) is 0 Å². The number of carboxylic acids is 1. The van der Waals surface area contributed by atoms with Gasteiger partial charge in [-0.05, 0) is 31.0 Å². The summed E-state index contributed by atoms with van der Waals surface area (Å²) < 4.78 is 1.42. The van der Waals surface area contributed by atoms with E-state index < -0.39 is 5.97 Å². The highest BCUT2D eigenvalue weighted by molar-refractivity contribution is 5.87. The van der Waals surface area contributed by atoms with Crippen LogP contribution in [-0.4, -0.2) is 15.6 Å². The minimum atomic E-state index is -1.03. The maximum atomic E-state index is 11.7. The molecule has 0 atom stereocenters. The van der Waals surface area contributed by atoms with Gasteiger partial charge in [0.2, 0.25) is 0 Å². The lowest BCUT2D eigenvalue weighted by Crippen LogP contribution is -2.21. The molecule has 2 rings (SSSR count). The summed E-state index contributed by atoms with van der Waals surface area (Å²) in [4.78, 5) is 22.7. The largest absolute Gasteiger partial charge is 0.478 e. The van der Waals surface area contributed by atoms with Crippen molar-refractivity contribution in [2.75, 3.05) is 0 Å². The lowest BCUT2D eigenvalue weighted by Gasteiger charge is -2.10. The van der Waals surface area contributed by atoms with Gasteiger partial charge in [0.25, 0.3) is 5.56 Å². The number of hydrogen-bond acceptors (Lipinski definition) is 2. The van der Waals surface area contributed by atoms with Crippen molar-refractivity contribution < 1.29 is 9.90 Å². The summed E-state index contributed by atoms with van der Waals surface area (Å²) in [6.45, 7) is 4.37. The van der Waals surface area contributed by atoms with E-state index in [1.807, 2.05) is 32.0 Å². The first-order valence-electron chi connectivity index (χ1n) is 5.97. The molecular formula is C15H15NO3. The van der Waals surface area contributed by atoms with Crippen molar-refractivity contribution in [3.63, 3.8) is 0 Å². The Kier molecular flexibility index (Phi) is 3.51. The molecule has 4 nitrogen and oxygen atoms in total. The molecule has 0 saturated heterocycles. The molecule has 0 saturated carbocycles. The maximum absolute atomic E-state index is 11.7. The second-order valence-corrected chi connectivity index (χ2v) is 4.62. The number of rotatable bonds is 3. The van der Waals surface area contributed by atoms with Gasteiger partial charge in [-0.2, -0.15) is 0 Å². The van der Waals surface area contributed by atoms with E-state index in [0.29, 0.717) is 6.54 Å². The van der Waals surface area contributed by atoms with E-state index in [2.05, 4.69) is 0 Å². The maximum Gasteiger partial charge on any atom is 0.337 e. The lowest BCUT2D eigenvalue weighted by molar-refractivity contribution is 0.0696. The number of carbonyl (C=O) groups is 1. The molecule has 4 heteroatoms. The van der Waals surface area contributed by atoms with Gasteiger partial charge in [-0.3, -0.25) is 4.79 Å². The van der Waals surface area contributed by atoms with E-state index in [-0.39, 0.29) is 11.1 Å². The molecule has 0 fully saturated rings. The number of hydrogen-bond donors (Lipinski definition) is 1. The summed E-state index contributed by atoms with van der Waals surface area (Å²) in [6.07, 6.45) is 1.38. The van der Waals surface area contributed by atoms with E-state index in [9.17, 15) is 9.59 Å². The lowest BCUT2D eigenvalue weighted by atomic mass is 10.1. The van der Waals surface area contributed by atoms with Crippen molar-refractivity contribution in [2.24, 2.45) is 0 Å². The second-order valence-electron chi connectivity index (χ2n) is 4.62. The highest BCUT2D eigenvalue weighted by Crippen LogP contribution is 2.11. The van der Waals surface area contributed by atoms with Crippen LogP contribution in [0.5, 0.6) is 0 Å². The van der Waals surface area contributed by atoms with Crippen LogP contribution < -0.4 is 5.56 Å². The van der Waals surface area contributed by atoms with Gasteiger partial charge in [-0.25, -0.2) is 4.79 Å². The fourth-order valence-corrected chi connectivity index (χ4v) is 1.99. The molecule has 98 valence electrons. The minimum absolute atomic E-state index is 0.115. The van der Waals surface area contributed by atoms with Crippen LogP contribution in [0.25, 0.3) is 0 Å². The van der Waals surface area contributed by atoms with E-state index in [0.717, 1.165) is 16.7 Å². The molecule has 19 heavy (non-hydrogen) atoms. The molecule has 1 aromatic carbocycles. The SMILES string of the molecule is Cc1ccc(Cn2cc(C(=O)O)ccc2=O)c(C)c1. The van der Waals surface area contributed by atoms with Crippen LogP contribution in [0.3, 0.4) is 0 Å². The Bertz CT molecular complexity index is 686. The van der Waals surface area contributed by atoms with Gasteiger partial charge in [0.1, 0.15) is 0 Å². The van der Waals surface area contributed by atoms with E-state index in [1.165, 1.54) is 22.9 Å². The van der Waals surface area contributed by atoms with Crippen molar-refractivity contribution in [2.45, 2.75) is 20.4 Å². The molecule has 0 aliphatic heterocycles. The highest BCUT2D eigenvalue weighted by Gasteiger charge is 2.06. The third-order valence-corrected chi connectivity index (χ3v) is 3.07. The third kappa shape index (κ3) is 2.91. The Morgan fingerprint density at radius 1 is 1.21 bits per heavy atom. The number of nitrogens with zero attached hydrogens (tertiary/aromatic N) is 1. The van der Waals surface area contributed by atoms with Crippen molar-refractivity contribution in [1.29, 1.82) is 0 Å². The average molecular weight is 257 g/mol. The van der Waals surface area contributed by atoms with Crippen LogP contribution in [-0.2, 0) is 6.54 Å². The molecule has 1 aromatic heterocycles. The molecule has 0 aliphatic carbocycles. The number of aryl methyl sites for hydroxylation is 2. The first kappa shape index (κ1) is 13.1. The van der Waals surface area contributed by atoms with Crippen molar-refractivity contribution in [1.82, 2.24) is 4.57 Å². The minimum Gasteiger partial charge on any atom is -0.478 e. The van der Waals surface area contributed by atoms with Crippen LogP contribution >= 0.6 is 0 Å². The topological polar surface area (TPSA) is 59.3 Å². The smallest absolute Gasteiger partial charge is 0.337 e. The Morgan fingerprint density at radius 3 is 2.58 bits per heavy atom. The quantitative estimate of drug-likeness (QED) is 0.917. The van der Waals surface area contributed by atoms with Gasteiger partial charge in [0, 0.05) is 12.3 Å². The van der Waals surface area contributed by atoms with E-state index in [4.69, 9.17) is 5.11 Å². The number of aromatic carboxylic acids is 1. The zero-order valence-corrected chi connectivity index (χ0v) is 10.9. The fourth-order valence-electron chi connectivity index (χ4n) is 1.99. The number of benzene rings is 1. The zero-order chi connectivity index (χ0) is 14.0. The highest BCUT2D eigenvalue weighted by atomic mass is 16.4. The monoisotopic (exact) mass is 257 g/mol. The predicted molar refractivity (Wildman–Crippen MR) is 72.7 cm³/mol. The van der Waals surface area contributed by atoms with E-state index in [1.54, 1.807) is 0 Å². The first-order valence-corrected chi connectivity index (χ1v) is 5.97. The number of pyridine rings is 1. The van der Waals surface area contributed by atoms with Crippen molar-refractivity contribution in [3.05, 3.63) is 69.1 Å². The molecule has 1 N–H and O–H groups in total. The van der Waals surface area contributed by atoms with Crippen LogP contribution in [0, 0.1) is 13.8 Å². The molecular weight excluding hydrogens is 242 g/mol. The third-order valence-electron chi connectivity index (χ3n) is 3.07. The van der Waals surface area contributed by atoms with Crippen LogP contribution in [0.4, 0.5) is 0 Å². The van der Waals surface area contributed by atoms with Gasteiger partial charge in [0.05, 0.1) is 12.1 Å². The summed E-state index contributed by atoms with van der Waals surface area (Å²) in [5, 5.41) is 8.94. The van der Waals surface area contributed by atoms with Crippen LogP contribution in [0.2, 0.25) is 0 Å². The Hall–Kier alpha value is -2.36. The van der Waals surface area contributed by atoms with Gasteiger partial charge < -0.3 is 9.67 Å². The normalized spacial score (nSPS) is 10.4. The van der Waals surface area contributed by atoms with Crippen molar-refractivity contribution >= 4 is 5.97 Å². The molecule has 0 aliphatic rings. The Balaban J connectivity index is 2.40. The second kappa shape index (κ2) is 5.10. The molecule has 0 amide bonds. The fraction of sp³-hybridized carbons (Fsp3) is 0.200. The van der Waals surface area contributed by atoms with Crippen LogP contribution in [0.15, 0.2) is 41.3 Å². The molecule has 0 bridgehead atoms. The molecule has 1 heterocycles. The standard InChI is InChI=1S/C15H15NO3/c1-10-3-4-12(11(2)7-10)8-16-9-13(15(18)19)5-6-14(16)17/h3-7,9H,8H2,1-2H3,(H,18,19). The van der Waals surface area contributed by atoms with Gasteiger partial charge in [-0.15, -0.1) is 0 Å². The molecule has 0 spiro atoms. The number of aromatic nitrogens is 1. The predicted octanol–water partition coefficient (Wildman–Crippen LogP) is 2.21. The Labute approximate surface area is 110 Å². The average Bonchev–Trinajstić information content (AvgIpc) is 2.34. The summed E-state index contributed by atoms with van der Waals surface area (Å²) in [7, 11) is 0. The summed E-state index contributed by atoms with van der Waals surface area (Å²) in [6, 6.07) is 8.59. The molecule has 0 unspecified atom stereocenters. The Morgan fingerprint density at radius 2 is 1.95 bits per heavy atom. The summed E-state index contributed by atoms with van der Waals surface area (Å²) >= 11 is 0. The van der Waals surface area contributed by atoms with Gasteiger partial charge >= 0.3 is 5.97 Å². The first-order chi connectivity index (χ1) is 8.97. The molecule has 0 radical (unpaired) electrons. The number of carboxylic acid groups (broad SMARTS) is 1. The van der Waals surface area contributed by atoms with Crippen LogP contribution in [0.1, 0.15) is 27.0 Å². The van der Waals surface area contributed by atoms with Gasteiger partial charge in [-0.1, -0.05) is 23.8 Å². The molecule has 2 aromatic rings. The summed E-state index contributed by atoms with van der Waals surface area (Å²) in [5.41, 5.74) is 3.17. The summed E-state index contributed by atoms with van der Waals surface area (Å²) in [5.74, 6) is -1.03. The zero-order valence-electron chi connectivity index (χ0n) is 10.9. The van der Waals surface area contributed by atoms with Crippen molar-refractivity contribution in [3.8, 4) is 0 Å². The van der Waals surface area contributed by atoms with E-state index >= 15 is 0 Å².